The van der Waals surface area contributed by atoms with Crippen LogP contribution in [0.5, 0.6) is 0 Å². The summed E-state index contributed by atoms with van der Waals surface area (Å²) in [7, 11) is 4.24. The Morgan fingerprint density at radius 3 is 2.79 bits per heavy atom. The Hall–Kier alpha value is -0.940. The molecule has 0 atom stereocenters. The van der Waals surface area contributed by atoms with E-state index >= 15 is 0 Å². The van der Waals surface area contributed by atoms with E-state index in [-0.39, 0.29) is 5.41 Å². The molecule has 1 aliphatic heterocycles. The Bertz CT molecular complexity index is 408. The molecule has 0 spiro atoms. The van der Waals surface area contributed by atoms with E-state index in [2.05, 4.69) is 52.9 Å². The van der Waals surface area contributed by atoms with Crippen molar-refractivity contribution in [2.45, 2.75) is 46.2 Å². The van der Waals surface area contributed by atoms with Crippen LogP contribution in [0.15, 0.2) is 0 Å². The Balaban J connectivity index is 1.84. The summed E-state index contributed by atoms with van der Waals surface area (Å²) < 4.78 is 2.29. The summed E-state index contributed by atoms with van der Waals surface area (Å²) in [6.45, 7) is 8.56. The van der Waals surface area contributed by atoms with Crippen LogP contribution in [0.2, 0.25) is 0 Å². The highest BCUT2D eigenvalue weighted by Crippen LogP contribution is 2.16. The number of fused-ring (bicyclic) bond motifs is 1. The van der Waals surface area contributed by atoms with Gasteiger partial charge in [-0.3, -0.25) is 0 Å². The van der Waals surface area contributed by atoms with Gasteiger partial charge in [-0.15, -0.1) is 10.2 Å². The summed E-state index contributed by atoms with van der Waals surface area (Å²) in [6.07, 6.45) is 3.59. The van der Waals surface area contributed by atoms with Crippen molar-refractivity contribution < 1.29 is 0 Å². The zero-order valence-electron chi connectivity index (χ0n) is 12.7. The number of nitrogens with one attached hydrogen (secondary N) is 1. The van der Waals surface area contributed by atoms with Gasteiger partial charge in [0.05, 0.1) is 6.54 Å². The molecule has 2 heterocycles. The van der Waals surface area contributed by atoms with E-state index in [4.69, 9.17) is 0 Å². The smallest absolute Gasteiger partial charge is 0.147 e. The van der Waals surface area contributed by atoms with Gasteiger partial charge in [-0.2, -0.15) is 0 Å². The van der Waals surface area contributed by atoms with Crippen LogP contribution in [0.3, 0.4) is 0 Å². The fraction of sp³-hybridized carbons (Fsp3) is 0.857. The van der Waals surface area contributed by atoms with Crippen LogP contribution in [-0.2, 0) is 19.5 Å². The molecule has 1 aromatic heterocycles. The van der Waals surface area contributed by atoms with E-state index in [0.29, 0.717) is 0 Å². The zero-order valence-corrected chi connectivity index (χ0v) is 12.7. The third-order valence-corrected chi connectivity index (χ3v) is 3.57. The molecule has 2 rings (SSSR count). The predicted octanol–water partition coefficient (Wildman–Crippen LogP) is 1.29. The second-order valence-electron chi connectivity index (χ2n) is 6.65. The van der Waals surface area contributed by atoms with E-state index in [0.717, 1.165) is 44.2 Å². The number of aromatic nitrogens is 3. The average Bonchev–Trinajstić information content (AvgIpc) is 2.71. The summed E-state index contributed by atoms with van der Waals surface area (Å²) in [5.74, 6) is 2.26. The summed E-state index contributed by atoms with van der Waals surface area (Å²) in [5, 5.41) is 12.1. The van der Waals surface area contributed by atoms with Crippen LogP contribution in [0.4, 0.5) is 0 Å². The Morgan fingerprint density at radius 2 is 2.05 bits per heavy atom. The summed E-state index contributed by atoms with van der Waals surface area (Å²) >= 11 is 0. The highest BCUT2D eigenvalue weighted by Gasteiger charge is 2.20. The van der Waals surface area contributed by atoms with E-state index in [9.17, 15) is 0 Å². The van der Waals surface area contributed by atoms with E-state index in [1.165, 1.54) is 12.8 Å². The molecule has 1 aliphatic rings. The van der Waals surface area contributed by atoms with Crippen LogP contribution >= 0.6 is 0 Å². The molecule has 0 unspecified atom stereocenters. The van der Waals surface area contributed by atoms with E-state index in [1.807, 2.05) is 0 Å². The highest BCUT2D eigenvalue weighted by molar-refractivity contribution is 4.98. The standard InChI is InChI=1S/C14H27N5/c1-14(2,11-18(3)4)10-15-9-13-17-16-12-7-5-6-8-19(12)13/h15H,5-11H2,1-4H3. The van der Waals surface area contributed by atoms with Crippen molar-refractivity contribution in [2.75, 3.05) is 27.2 Å². The lowest BCUT2D eigenvalue weighted by Gasteiger charge is -2.28. The normalized spacial score (nSPS) is 15.8. The van der Waals surface area contributed by atoms with Crippen molar-refractivity contribution in [1.82, 2.24) is 25.0 Å². The minimum atomic E-state index is 0.272. The molecule has 5 heteroatoms. The lowest BCUT2D eigenvalue weighted by atomic mass is 9.93. The molecule has 0 aliphatic carbocycles. The quantitative estimate of drug-likeness (QED) is 0.842. The van der Waals surface area contributed by atoms with Crippen LogP contribution < -0.4 is 5.32 Å². The summed E-state index contributed by atoms with van der Waals surface area (Å²) in [6, 6.07) is 0. The lowest BCUT2D eigenvalue weighted by Crippen LogP contribution is -2.37. The SMILES string of the molecule is CN(C)CC(C)(C)CNCc1nnc2n1CCCC2. The largest absolute Gasteiger partial charge is 0.314 e. The second-order valence-corrected chi connectivity index (χ2v) is 6.65. The van der Waals surface area contributed by atoms with Crippen LogP contribution in [0, 0.1) is 5.41 Å². The van der Waals surface area contributed by atoms with Crippen molar-refractivity contribution in [1.29, 1.82) is 0 Å². The average molecular weight is 265 g/mol. The maximum atomic E-state index is 4.32. The molecule has 0 aromatic carbocycles. The molecule has 1 N–H and O–H groups in total. The first-order chi connectivity index (χ1) is 8.98. The Kier molecular flexibility index (Phi) is 4.58. The molecule has 5 nitrogen and oxygen atoms in total. The van der Waals surface area contributed by atoms with Crippen LogP contribution in [0.1, 0.15) is 38.3 Å². The summed E-state index contributed by atoms with van der Waals surface area (Å²) in [5.41, 5.74) is 0.272. The summed E-state index contributed by atoms with van der Waals surface area (Å²) in [4.78, 5) is 2.24. The number of aryl methyl sites for hydroxylation is 1. The van der Waals surface area contributed by atoms with Crippen molar-refractivity contribution in [2.24, 2.45) is 5.41 Å². The number of hydrogen-bond donors (Lipinski definition) is 1. The molecule has 1 aromatic rings. The van der Waals surface area contributed by atoms with Gasteiger partial charge >= 0.3 is 0 Å². The molecule has 0 radical (unpaired) electrons. The van der Waals surface area contributed by atoms with Gasteiger partial charge in [0.15, 0.2) is 0 Å². The number of nitrogens with zero attached hydrogens (tertiary/aromatic N) is 4. The van der Waals surface area contributed by atoms with Gasteiger partial charge in [0.2, 0.25) is 0 Å². The van der Waals surface area contributed by atoms with E-state index < -0.39 is 0 Å². The zero-order chi connectivity index (χ0) is 13.9. The predicted molar refractivity (Wildman–Crippen MR) is 77.0 cm³/mol. The monoisotopic (exact) mass is 265 g/mol. The maximum Gasteiger partial charge on any atom is 0.147 e. The topological polar surface area (TPSA) is 46.0 Å². The number of rotatable bonds is 6. The van der Waals surface area contributed by atoms with Crippen molar-refractivity contribution >= 4 is 0 Å². The van der Waals surface area contributed by atoms with Crippen molar-refractivity contribution in [3.05, 3.63) is 11.6 Å². The van der Waals surface area contributed by atoms with Gasteiger partial charge in [0.1, 0.15) is 11.6 Å². The first-order valence-corrected chi connectivity index (χ1v) is 7.24. The van der Waals surface area contributed by atoms with Crippen molar-refractivity contribution in [3.63, 3.8) is 0 Å². The van der Waals surface area contributed by atoms with E-state index in [1.54, 1.807) is 0 Å². The van der Waals surface area contributed by atoms with Gasteiger partial charge in [0, 0.05) is 26.1 Å². The third kappa shape index (κ3) is 4.01. The van der Waals surface area contributed by atoms with Gasteiger partial charge in [-0.25, -0.2) is 0 Å². The Morgan fingerprint density at radius 1 is 1.26 bits per heavy atom. The highest BCUT2D eigenvalue weighted by atomic mass is 15.3. The minimum absolute atomic E-state index is 0.272. The van der Waals surface area contributed by atoms with Gasteiger partial charge in [-0.1, -0.05) is 13.8 Å². The molecule has 19 heavy (non-hydrogen) atoms. The molecular formula is C14H27N5. The third-order valence-electron chi connectivity index (χ3n) is 3.57. The number of hydrogen-bond acceptors (Lipinski definition) is 4. The first kappa shape index (κ1) is 14.5. The van der Waals surface area contributed by atoms with Crippen molar-refractivity contribution in [3.8, 4) is 0 Å². The first-order valence-electron chi connectivity index (χ1n) is 7.24. The Labute approximate surface area is 116 Å². The van der Waals surface area contributed by atoms with Gasteiger partial charge in [-0.05, 0) is 32.4 Å². The van der Waals surface area contributed by atoms with Gasteiger partial charge in [0.25, 0.3) is 0 Å². The molecule has 0 saturated heterocycles. The fourth-order valence-electron chi connectivity index (χ4n) is 2.92. The molecule has 0 amide bonds. The van der Waals surface area contributed by atoms with Crippen LogP contribution in [0.25, 0.3) is 0 Å². The molecule has 0 saturated carbocycles. The fourth-order valence-corrected chi connectivity index (χ4v) is 2.92. The second kappa shape index (κ2) is 6.01. The molecule has 108 valence electrons. The lowest BCUT2D eigenvalue weighted by molar-refractivity contribution is 0.231. The molecule has 0 fully saturated rings. The maximum absolute atomic E-state index is 4.32. The minimum Gasteiger partial charge on any atom is -0.314 e. The molecular weight excluding hydrogens is 238 g/mol. The molecule has 0 bridgehead atoms. The van der Waals surface area contributed by atoms with Crippen LogP contribution in [-0.4, -0.2) is 46.8 Å². The van der Waals surface area contributed by atoms with Gasteiger partial charge < -0.3 is 14.8 Å².